The van der Waals surface area contributed by atoms with Crippen LogP contribution in [-0.2, 0) is 0 Å². The minimum absolute atomic E-state index is 0.0901. The van der Waals surface area contributed by atoms with Crippen molar-refractivity contribution in [3.05, 3.63) is 30.4 Å². The predicted molar refractivity (Wildman–Crippen MR) is 105 cm³/mol. The molecule has 2 N–H and O–H groups in total. The smallest absolute Gasteiger partial charge is 0.345 e. The molecule has 10 heteroatoms. The second kappa shape index (κ2) is 6.71. The lowest BCUT2D eigenvalue weighted by atomic mass is 10.1. The van der Waals surface area contributed by atoms with E-state index < -0.39 is 12.2 Å². The van der Waals surface area contributed by atoms with Crippen molar-refractivity contribution >= 4 is 28.1 Å². The number of imidazole rings is 1. The quantitative estimate of drug-likeness (QED) is 0.519. The normalized spacial score (nSPS) is 13.5. The van der Waals surface area contributed by atoms with Crippen molar-refractivity contribution in [2.24, 2.45) is 0 Å². The van der Waals surface area contributed by atoms with Crippen LogP contribution in [0.15, 0.2) is 24.5 Å². The van der Waals surface area contributed by atoms with E-state index in [1.807, 2.05) is 19.1 Å². The van der Waals surface area contributed by atoms with E-state index in [9.17, 15) is 13.2 Å². The minimum Gasteiger partial charge on any atom is -0.345 e. The van der Waals surface area contributed by atoms with Crippen LogP contribution in [0.5, 0.6) is 0 Å². The molecule has 4 rings (SSSR count). The van der Waals surface area contributed by atoms with E-state index in [1.54, 1.807) is 6.20 Å². The molecule has 4 heterocycles. The first-order valence-electron chi connectivity index (χ1n) is 9.18. The highest BCUT2D eigenvalue weighted by atomic mass is 19.4. The standard InChI is InChI=1S/C19H20F3N7/c1-9(2)29-11(4)26-15-6-5-14(27-17(15)29)12-7-23-16-13(12)8-24-18(28-16)25-10(3)19(20,21)22/h5-10H,1-4H3,(H2,23,24,25,28)/t10-/m1/s1. The van der Waals surface area contributed by atoms with E-state index in [2.05, 4.69) is 43.7 Å². The predicted octanol–water partition coefficient (Wildman–Crippen LogP) is 4.62. The first kappa shape index (κ1) is 19.2. The number of alkyl halides is 3. The van der Waals surface area contributed by atoms with E-state index in [-0.39, 0.29) is 12.0 Å². The highest BCUT2D eigenvalue weighted by Crippen LogP contribution is 2.29. The zero-order valence-corrected chi connectivity index (χ0v) is 16.3. The largest absolute Gasteiger partial charge is 0.408 e. The number of nitrogens with zero attached hydrogens (tertiary/aromatic N) is 5. The molecule has 0 fully saturated rings. The van der Waals surface area contributed by atoms with E-state index >= 15 is 0 Å². The van der Waals surface area contributed by atoms with Gasteiger partial charge in [0.25, 0.3) is 0 Å². The molecule has 0 unspecified atom stereocenters. The summed E-state index contributed by atoms with van der Waals surface area (Å²) in [4.78, 5) is 20.5. The van der Waals surface area contributed by atoms with E-state index in [0.717, 1.165) is 29.5 Å². The molecule has 4 aromatic rings. The third kappa shape index (κ3) is 3.39. The number of hydrogen-bond donors (Lipinski definition) is 2. The number of aromatic amines is 1. The molecule has 0 aliphatic carbocycles. The Hall–Kier alpha value is -3.17. The highest BCUT2D eigenvalue weighted by molar-refractivity contribution is 5.93. The first-order chi connectivity index (χ1) is 13.6. The van der Waals surface area contributed by atoms with Crippen molar-refractivity contribution in [3.8, 4) is 11.3 Å². The maximum Gasteiger partial charge on any atom is 0.408 e. The highest BCUT2D eigenvalue weighted by Gasteiger charge is 2.36. The lowest BCUT2D eigenvalue weighted by molar-refractivity contribution is -0.138. The lowest BCUT2D eigenvalue weighted by Gasteiger charge is -2.16. The average Bonchev–Trinajstić information content (AvgIpc) is 3.19. The topological polar surface area (TPSA) is 84.3 Å². The van der Waals surface area contributed by atoms with Crippen LogP contribution in [0, 0.1) is 6.92 Å². The maximum atomic E-state index is 12.8. The van der Waals surface area contributed by atoms with Crippen molar-refractivity contribution in [2.45, 2.75) is 46.0 Å². The van der Waals surface area contributed by atoms with Crippen LogP contribution in [0.25, 0.3) is 33.5 Å². The second-order valence-electron chi connectivity index (χ2n) is 7.23. The van der Waals surface area contributed by atoms with E-state index in [1.165, 1.54) is 6.20 Å². The van der Waals surface area contributed by atoms with Gasteiger partial charge in [0.1, 0.15) is 23.0 Å². The van der Waals surface area contributed by atoms with Gasteiger partial charge >= 0.3 is 6.18 Å². The number of anilines is 1. The molecule has 1 atom stereocenters. The molecule has 0 amide bonds. The summed E-state index contributed by atoms with van der Waals surface area (Å²) in [5, 5.41) is 2.95. The molecule has 0 aliphatic heterocycles. The van der Waals surface area contributed by atoms with Crippen molar-refractivity contribution in [2.75, 3.05) is 5.32 Å². The molecule has 0 radical (unpaired) electrons. The van der Waals surface area contributed by atoms with Crippen LogP contribution in [0.4, 0.5) is 19.1 Å². The van der Waals surface area contributed by atoms with Gasteiger partial charge in [-0.3, -0.25) is 0 Å². The summed E-state index contributed by atoms with van der Waals surface area (Å²) in [6, 6.07) is 2.22. The summed E-state index contributed by atoms with van der Waals surface area (Å²) >= 11 is 0. The van der Waals surface area contributed by atoms with Crippen molar-refractivity contribution in [1.29, 1.82) is 0 Å². The van der Waals surface area contributed by atoms with Crippen LogP contribution < -0.4 is 5.32 Å². The number of H-pyrrole nitrogens is 1. The van der Waals surface area contributed by atoms with Crippen molar-refractivity contribution in [1.82, 2.24) is 29.5 Å². The van der Waals surface area contributed by atoms with Crippen LogP contribution in [-0.4, -0.2) is 41.7 Å². The van der Waals surface area contributed by atoms with E-state index in [4.69, 9.17) is 4.98 Å². The third-order valence-electron chi connectivity index (χ3n) is 4.77. The number of pyridine rings is 1. The fourth-order valence-electron chi connectivity index (χ4n) is 3.32. The summed E-state index contributed by atoms with van der Waals surface area (Å²) in [5.74, 6) is 0.795. The average molecular weight is 403 g/mol. The van der Waals surface area contributed by atoms with E-state index in [0.29, 0.717) is 16.7 Å². The van der Waals surface area contributed by atoms with Crippen LogP contribution >= 0.6 is 0 Å². The molecule has 0 aliphatic rings. The van der Waals surface area contributed by atoms with Crippen LogP contribution in [0.1, 0.15) is 32.6 Å². The van der Waals surface area contributed by atoms with Gasteiger partial charge in [0.05, 0.1) is 5.69 Å². The molecule has 152 valence electrons. The van der Waals surface area contributed by atoms with Gasteiger partial charge in [0.15, 0.2) is 5.65 Å². The zero-order chi connectivity index (χ0) is 20.9. The van der Waals surface area contributed by atoms with Gasteiger partial charge in [-0.2, -0.15) is 18.2 Å². The summed E-state index contributed by atoms with van der Waals surface area (Å²) in [5.41, 5.74) is 3.50. The number of aromatic nitrogens is 6. The first-order valence-corrected chi connectivity index (χ1v) is 9.18. The molecule has 7 nitrogen and oxygen atoms in total. The zero-order valence-electron chi connectivity index (χ0n) is 16.3. The van der Waals surface area contributed by atoms with Crippen molar-refractivity contribution < 1.29 is 13.2 Å². The minimum atomic E-state index is -4.38. The number of rotatable bonds is 4. The third-order valence-corrected chi connectivity index (χ3v) is 4.77. The van der Waals surface area contributed by atoms with Crippen LogP contribution in [0.3, 0.4) is 0 Å². The molecule has 4 aromatic heterocycles. The summed E-state index contributed by atoms with van der Waals surface area (Å²) < 4.78 is 40.3. The molecule has 0 bridgehead atoms. The molecule has 29 heavy (non-hydrogen) atoms. The number of fused-ring (bicyclic) bond motifs is 2. The molecule has 0 saturated heterocycles. The van der Waals surface area contributed by atoms with Gasteiger partial charge in [-0.1, -0.05) is 0 Å². The molecular weight excluding hydrogens is 383 g/mol. The molecular formula is C19H20F3N7. The monoisotopic (exact) mass is 403 g/mol. The Morgan fingerprint density at radius 2 is 1.86 bits per heavy atom. The van der Waals surface area contributed by atoms with Gasteiger partial charge in [-0.25, -0.2) is 15.0 Å². The molecule has 0 aromatic carbocycles. The van der Waals surface area contributed by atoms with Gasteiger partial charge in [0.2, 0.25) is 5.95 Å². The summed E-state index contributed by atoms with van der Waals surface area (Å²) in [7, 11) is 0. The number of halogens is 3. The number of hydrogen-bond acceptors (Lipinski definition) is 5. The maximum absolute atomic E-state index is 12.8. The van der Waals surface area contributed by atoms with Gasteiger partial charge in [-0.05, 0) is 39.8 Å². The lowest BCUT2D eigenvalue weighted by Crippen LogP contribution is -2.33. The Labute approximate surface area is 164 Å². The number of nitrogens with one attached hydrogen (secondary N) is 2. The van der Waals surface area contributed by atoms with Gasteiger partial charge in [0, 0.05) is 29.4 Å². The van der Waals surface area contributed by atoms with Gasteiger partial charge < -0.3 is 14.9 Å². The summed E-state index contributed by atoms with van der Waals surface area (Å²) in [6.07, 6.45) is -1.15. The SMILES string of the molecule is Cc1nc2ccc(-c3c[nH]c4nc(N[C@H](C)C(F)(F)F)ncc34)nc2n1C(C)C. The fraction of sp³-hybridized carbons (Fsp3) is 0.368. The Bertz CT molecular complexity index is 1190. The fourth-order valence-corrected chi connectivity index (χ4v) is 3.32. The van der Waals surface area contributed by atoms with Crippen molar-refractivity contribution in [3.63, 3.8) is 0 Å². The molecule has 0 saturated carbocycles. The van der Waals surface area contributed by atoms with Gasteiger partial charge in [-0.15, -0.1) is 0 Å². The number of aryl methyl sites for hydroxylation is 1. The Kier molecular flexibility index (Phi) is 4.44. The Morgan fingerprint density at radius 1 is 1.10 bits per heavy atom. The second-order valence-corrected chi connectivity index (χ2v) is 7.23. The summed E-state index contributed by atoms with van der Waals surface area (Å²) in [6.45, 7) is 7.10. The Morgan fingerprint density at radius 3 is 2.55 bits per heavy atom. The Balaban J connectivity index is 1.74. The molecule has 0 spiro atoms. The van der Waals surface area contributed by atoms with Crippen LogP contribution in [0.2, 0.25) is 0 Å².